The summed E-state index contributed by atoms with van der Waals surface area (Å²) in [6, 6.07) is 8.17. The second-order valence-electron chi connectivity index (χ2n) is 3.08. The Kier molecular flexibility index (Phi) is 4.59. The van der Waals surface area contributed by atoms with Gasteiger partial charge in [0.25, 0.3) is 0 Å². The summed E-state index contributed by atoms with van der Waals surface area (Å²) in [5, 5.41) is 3.10. The van der Waals surface area contributed by atoms with Crippen LogP contribution in [0.4, 0.5) is 0 Å². The fourth-order valence-corrected chi connectivity index (χ4v) is 1.37. The first kappa shape index (κ1) is 11.2. The lowest BCUT2D eigenvalue weighted by atomic mass is 10.1. The molecule has 78 valence electrons. The highest BCUT2D eigenvalue weighted by Crippen LogP contribution is 2.17. The van der Waals surface area contributed by atoms with Crippen molar-refractivity contribution in [2.45, 2.75) is 12.8 Å². The monoisotopic (exact) mass is 195 g/mol. The van der Waals surface area contributed by atoms with Gasteiger partial charge in [-0.2, -0.15) is 0 Å². The first-order valence-electron chi connectivity index (χ1n) is 4.61. The Hall–Kier alpha value is -0.900. The first-order chi connectivity index (χ1) is 6.81. The standard InChI is InChI=1S/C11H17NO2/c1-12-8-9-4-6-10(7-5-9)11(13-2)14-3/h4-7,11-12H,8H2,1-3H3. The summed E-state index contributed by atoms with van der Waals surface area (Å²) < 4.78 is 10.3. The summed E-state index contributed by atoms with van der Waals surface area (Å²) in [4.78, 5) is 0. The minimum Gasteiger partial charge on any atom is -0.352 e. The Morgan fingerprint density at radius 2 is 1.71 bits per heavy atom. The van der Waals surface area contributed by atoms with Crippen molar-refractivity contribution in [1.82, 2.24) is 5.32 Å². The Labute approximate surface area is 85.0 Å². The number of benzene rings is 1. The van der Waals surface area contributed by atoms with Gasteiger partial charge in [0.2, 0.25) is 0 Å². The summed E-state index contributed by atoms with van der Waals surface area (Å²) in [5.41, 5.74) is 2.29. The van der Waals surface area contributed by atoms with E-state index in [4.69, 9.17) is 9.47 Å². The lowest BCUT2D eigenvalue weighted by molar-refractivity contribution is -0.106. The van der Waals surface area contributed by atoms with Gasteiger partial charge in [0, 0.05) is 26.3 Å². The highest BCUT2D eigenvalue weighted by atomic mass is 16.7. The fourth-order valence-electron chi connectivity index (χ4n) is 1.37. The van der Waals surface area contributed by atoms with Crippen molar-refractivity contribution in [3.63, 3.8) is 0 Å². The van der Waals surface area contributed by atoms with E-state index < -0.39 is 0 Å². The second kappa shape index (κ2) is 5.75. The third-order valence-corrected chi connectivity index (χ3v) is 2.06. The van der Waals surface area contributed by atoms with E-state index in [9.17, 15) is 0 Å². The van der Waals surface area contributed by atoms with Gasteiger partial charge >= 0.3 is 0 Å². The molecule has 3 heteroatoms. The molecule has 0 spiro atoms. The molecule has 1 N–H and O–H groups in total. The molecule has 0 aliphatic rings. The van der Waals surface area contributed by atoms with Crippen molar-refractivity contribution in [1.29, 1.82) is 0 Å². The molecule has 0 radical (unpaired) electrons. The molecule has 1 aromatic carbocycles. The number of hydrogen-bond donors (Lipinski definition) is 1. The Morgan fingerprint density at radius 3 is 2.14 bits per heavy atom. The van der Waals surface area contributed by atoms with Crippen LogP contribution in [0.2, 0.25) is 0 Å². The van der Waals surface area contributed by atoms with E-state index >= 15 is 0 Å². The molecule has 3 nitrogen and oxygen atoms in total. The van der Waals surface area contributed by atoms with E-state index in [1.165, 1.54) is 5.56 Å². The molecule has 1 rings (SSSR count). The van der Waals surface area contributed by atoms with Crippen LogP contribution in [0, 0.1) is 0 Å². The summed E-state index contributed by atoms with van der Waals surface area (Å²) in [7, 11) is 5.20. The minimum atomic E-state index is -0.265. The molecule has 0 fully saturated rings. The molecule has 0 saturated carbocycles. The first-order valence-corrected chi connectivity index (χ1v) is 4.61. The van der Waals surface area contributed by atoms with Crippen LogP contribution in [-0.4, -0.2) is 21.3 Å². The van der Waals surface area contributed by atoms with Crippen molar-refractivity contribution < 1.29 is 9.47 Å². The zero-order valence-electron chi connectivity index (χ0n) is 8.91. The van der Waals surface area contributed by atoms with Gasteiger partial charge in [-0.25, -0.2) is 0 Å². The van der Waals surface area contributed by atoms with Gasteiger partial charge in [-0.3, -0.25) is 0 Å². The van der Waals surface area contributed by atoms with Crippen LogP contribution < -0.4 is 5.32 Å². The molecule has 0 bridgehead atoms. The highest BCUT2D eigenvalue weighted by molar-refractivity contribution is 5.23. The number of rotatable bonds is 5. The van der Waals surface area contributed by atoms with Gasteiger partial charge in [-0.15, -0.1) is 0 Å². The van der Waals surface area contributed by atoms with Crippen LogP contribution in [0.3, 0.4) is 0 Å². The fraction of sp³-hybridized carbons (Fsp3) is 0.455. The highest BCUT2D eigenvalue weighted by Gasteiger charge is 2.07. The maximum absolute atomic E-state index is 5.15. The van der Waals surface area contributed by atoms with Gasteiger partial charge in [0.05, 0.1) is 0 Å². The van der Waals surface area contributed by atoms with Crippen molar-refractivity contribution in [3.8, 4) is 0 Å². The molecular weight excluding hydrogens is 178 g/mol. The van der Waals surface area contributed by atoms with E-state index in [0.29, 0.717) is 0 Å². The molecular formula is C11H17NO2. The van der Waals surface area contributed by atoms with E-state index in [2.05, 4.69) is 17.4 Å². The maximum Gasteiger partial charge on any atom is 0.183 e. The lowest BCUT2D eigenvalue weighted by Gasteiger charge is -2.13. The zero-order chi connectivity index (χ0) is 10.4. The SMILES string of the molecule is CNCc1ccc(C(OC)OC)cc1. The molecule has 0 aliphatic carbocycles. The van der Waals surface area contributed by atoms with E-state index in [-0.39, 0.29) is 6.29 Å². The van der Waals surface area contributed by atoms with Gasteiger partial charge in [-0.05, 0) is 12.6 Å². The van der Waals surface area contributed by atoms with E-state index in [1.54, 1.807) is 14.2 Å². The molecule has 0 aliphatic heterocycles. The molecule has 0 unspecified atom stereocenters. The topological polar surface area (TPSA) is 30.5 Å². The summed E-state index contributed by atoms with van der Waals surface area (Å²) in [6.07, 6.45) is -0.265. The molecule has 0 heterocycles. The quantitative estimate of drug-likeness (QED) is 0.725. The Morgan fingerprint density at radius 1 is 1.14 bits per heavy atom. The van der Waals surface area contributed by atoms with Crippen molar-refractivity contribution in [2.75, 3.05) is 21.3 Å². The van der Waals surface area contributed by atoms with Gasteiger partial charge < -0.3 is 14.8 Å². The van der Waals surface area contributed by atoms with E-state index in [1.807, 2.05) is 19.2 Å². The number of methoxy groups -OCH3 is 2. The van der Waals surface area contributed by atoms with Crippen LogP contribution in [0.15, 0.2) is 24.3 Å². The average Bonchev–Trinajstić information content (AvgIpc) is 2.23. The second-order valence-corrected chi connectivity index (χ2v) is 3.08. The smallest absolute Gasteiger partial charge is 0.183 e. The predicted octanol–water partition coefficient (Wildman–Crippen LogP) is 1.70. The maximum atomic E-state index is 5.15. The third kappa shape index (κ3) is 2.80. The third-order valence-electron chi connectivity index (χ3n) is 2.06. The largest absolute Gasteiger partial charge is 0.352 e. The van der Waals surface area contributed by atoms with Crippen LogP contribution >= 0.6 is 0 Å². The number of hydrogen-bond acceptors (Lipinski definition) is 3. The lowest BCUT2D eigenvalue weighted by Crippen LogP contribution is -2.06. The number of ether oxygens (including phenoxy) is 2. The zero-order valence-corrected chi connectivity index (χ0v) is 8.91. The summed E-state index contributed by atoms with van der Waals surface area (Å²) >= 11 is 0. The Balaban J connectivity index is 2.71. The molecule has 0 amide bonds. The Bertz CT molecular complexity index is 254. The number of nitrogens with one attached hydrogen (secondary N) is 1. The van der Waals surface area contributed by atoms with Crippen molar-refractivity contribution in [3.05, 3.63) is 35.4 Å². The predicted molar refractivity (Wildman–Crippen MR) is 56.0 cm³/mol. The molecule has 1 aromatic rings. The van der Waals surface area contributed by atoms with Crippen molar-refractivity contribution >= 4 is 0 Å². The minimum absolute atomic E-state index is 0.265. The molecule has 0 saturated heterocycles. The molecule has 0 aromatic heterocycles. The van der Waals surface area contributed by atoms with Crippen LogP contribution in [0.25, 0.3) is 0 Å². The summed E-state index contributed by atoms with van der Waals surface area (Å²) in [5.74, 6) is 0. The van der Waals surface area contributed by atoms with Crippen LogP contribution in [0.5, 0.6) is 0 Å². The van der Waals surface area contributed by atoms with Crippen LogP contribution in [-0.2, 0) is 16.0 Å². The van der Waals surface area contributed by atoms with Gasteiger partial charge in [0.15, 0.2) is 6.29 Å². The summed E-state index contributed by atoms with van der Waals surface area (Å²) in [6.45, 7) is 0.880. The van der Waals surface area contributed by atoms with Gasteiger partial charge in [0.1, 0.15) is 0 Å². The van der Waals surface area contributed by atoms with Crippen LogP contribution in [0.1, 0.15) is 17.4 Å². The molecule has 0 atom stereocenters. The van der Waals surface area contributed by atoms with E-state index in [0.717, 1.165) is 12.1 Å². The van der Waals surface area contributed by atoms with Gasteiger partial charge in [-0.1, -0.05) is 24.3 Å². The van der Waals surface area contributed by atoms with Crippen molar-refractivity contribution in [2.24, 2.45) is 0 Å². The molecule has 14 heavy (non-hydrogen) atoms. The average molecular weight is 195 g/mol. The normalized spacial score (nSPS) is 10.9.